The Morgan fingerprint density at radius 2 is 0.875 bits per heavy atom. The molecule has 0 saturated carbocycles. The first-order chi connectivity index (χ1) is 19.0. The highest BCUT2D eigenvalue weighted by atomic mass is 19.4. The summed E-state index contributed by atoms with van der Waals surface area (Å²) in [6, 6.07) is 33.2. The maximum Gasteiger partial charge on any atom is 0.416 e. The molecule has 40 heavy (non-hydrogen) atoms. The van der Waals surface area contributed by atoms with Gasteiger partial charge in [0.1, 0.15) is 0 Å². The lowest BCUT2D eigenvalue weighted by Gasteiger charge is -2.20. The minimum absolute atomic E-state index is 0.126. The summed E-state index contributed by atoms with van der Waals surface area (Å²) >= 11 is 0. The van der Waals surface area contributed by atoms with Crippen molar-refractivity contribution < 1.29 is 26.3 Å². The van der Waals surface area contributed by atoms with E-state index in [0.29, 0.717) is 22.5 Å². The molecule has 0 radical (unpaired) electrons. The van der Waals surface area contributed by atoms with Crippen LogP contribution in [0.1, 0.15) is 11.1 Å². The lowest BCUT2D eigenvalue weighted by Crippen LogP contribution is -2.11. The number of fused-ring (bicyclic) bond motifs is 2. The standard InChI is InChI=1S/C33H17F6N/c34-32(35,36)28-15-26(16-29(19-28)33(37,38)39)27-17-30(24-11-9-20-5-1-3-7-22(20)13-24)40-31(18-27)25-12-10-21-6-2-4-8-23(21)14-25/h1-10,13-19H/q-2. The van der Waals surface area contributed by atoms with Gasteiger partial charge >= 0.3 is 12.4 Å². The van der Waals surface area contributed by atoms with Crippen LogP contribution < -0.4 is 0 Å². The van der Waals surface area contributed by atoms with Gasteiger partial charge in [0.25, 0.3) is 0 Å². The maximum absolute atomic E-state index is 13.6. The molecule has 0 bridgehead atoms. The highest BCUT2D eigenvalue weighted by Crippen LogP contribution is 2.40. The quantitative estimate of drug-likeness (QED) is 0.161. The van der Waals surface area contributed by atoms with E-state index in [4.69, 9.17) is 4.98 Å². The first kappa shape index (κ1) is 25.6. The molecule has 0 saturated heterocycles. The van der Waals surface area contributed by atoms with Gasteiger partial charge in [0.15, 0.2) is 0 Å². The monoisotopic (exact) mass is 541 g/mol. The molecule has 0 aliphatic heterocycles. The number of hydrogen-bond donors (Lipinski definition) is 0. The van der Waals surface area contributed by atoms with Crippen molar-refractivity contribution in [1.82, 2.24) is 4.98 Å². The molecule has 0 aliphatic rings. The summed E-state index contributed by atoms with van der Waals surface area (Å²) < 4.78 is 81.9. The van der Waals surface area contributed by atoms with Crippen LogP contribution in [0.3, 0.4) is 0 Å². The molecule has 0 spiro atoms. The molecule has 1 heterocycles. The number of alkyl halides is 6. The van der Waals surface area contributed by atoms with Gasteiger partial charge in [-0.2, -0.15) is 26.3 Å². The Kier molecular flexibility index (Phi) is 6.10. The van der Waals surface area contributed by atoms with Crippen LogP contribution in [0.4, 0.5) is 26.3 Å². The third-order valence-corrected chi connectivity index (χ3v) is 6.66. The van der Waals surface area contributed by atoms with Crippen molar-refractivity contribution >= 4 is 21.5 Å². The molecule has 0 atom stereocenters. The fourth-order valence-electron chi connectivity index (χ4n) is 4.64. The Labute approximate surface area is 225 Å². The molecule has 6 aromatic rings. The van der Waals surface area contributed by atoms with E-state index in [1.807, 2.05) is 60.7 Å². The van der Waals surface area contributed by atoms with Gasteiger partial charge in [-0.1, -0.05) is 71.4 Å². The zero-order valence-electron chi connectivity index (χ0n) is 20.5. The Hall–Kier alpha value is -4.65. The summed E-state index contributed by atoms with van der Waals surface area (Å²) in [5.74, 6) is 0. The first-order valence-corrected chi connectivity index (χ1v) is 12.2. The molecule has 5 aromatic carbocycles. The van der Waals surface area contributed by atoms with E-state index in [9.17, 15) is 26.3 Å². The zero-order chi connectivity index (χ0) is 28.1. The number of halogens is 6. The second-order valence-electron chi connectivity index (χ2n) is 9.37. The van der Waals surface area contributed by atoms with E-state index in [-0.39, 0.29) is 17.2 Å². The summed E-state index contributed by atoms with van der Waals surface area (Å²) in [6.07, 6.45) is -9.93. The van der Waals surface area contributed by atoms with Crippen molar-refractivity contribution in [2.45, 2.75) is 12.4 Å². The van der Waals surface area contributed by atoms with E-state index < -0.39 is 23.5 Å². The molecule has 7 heteroatoms. The third-order valence-electron chi connectivity index (χ3n) is 6.66. The van der Waals surface area contributed by atoms with Crippen molar-refractivity contribution in [3.05, 3.63) is 126 Å². The van der Waals surface area contributed by atoms with Crippen molar-refractivity contribution in [2.75, 3.05) is 0 Å². The maximum atomic E-state index is 13.6. The average molecular weight is 541 g/mol. The lowest BCUT2D eigenvalue weighted by molar-refractivity contribution is -0.143. The van der Waals surface area contributed by atoms with Crippen LogP contribution in [0.25, 0.3) is 55.2 Å². The van der Waals surface area contributed by atoms with Crippen LogP contribution in [0.2, 0.25) is 0 Å². The van der Waals surface area contributed by atoms with Gasteiger partial charge in [-0.25, -0.2) is 0 Å². The van der Waals surface area contributed by atoms with Crippen LogP contribution in [-0.2, 0) is 12.4 Å². The summed E-state index contributed by atoms with van der Waals surface area (Å²) in [6.45, 7) is 0. The Bertz CT molecular complexity index is 1760. The van der Waals surface area contributed by atoms with E-state index in [2.05, 4.69) is 12.1 Å². The number of nitrogens with zero attached hydrogens (tertiary/aromatic N) is 1. The Balaban J connectivity index is 1.60. The van der Waals surface area contributed by atoms with E-state index in [1.165, 1.54) is 12.1 Å². The molecule has 1 nitrogen and oxygen atoms in total. The molecule has 0 aliphatic carbocycles. The topological polar surface area (TPSA) is 12.9 Å². The number of pyridine rings is 1. The van der Waals surface area contributed by atoms with Gasteiger partial charge in [0, 0.05) is 0 Å². The highest BCUT2D eigenvalue weighted by Gasteiger charge is 2.37. The molecule has 0 N–H and O–H groups in total. The Morgan fingerprint density at radius 3 is 1.30 bits per heavy atom. The summed E-state index contributed by atoms with van der Waals surface area (Å²) in [5.41, 5.74) is -1.04. The van der Waals surface area contributed by atoms with Gasteiger partial charge in [-0.05, 0) is 40.7 Å². The fraction of sp³-hybridized carbons (Fsp3) is 0.0606. The van der Waals surface area contributed by atoms with Crippen molar-refractivity contribution in [2.24, 2.45) is 0 Å². The second-order valence-corrected chi connectivity index (χ2v) is 9.37. The van der Waals surface area contributed by atoms with E-state index in [0.717, 1.165) is 33.7 Å². The molecule has 0 amide bonds. The minimum Gasteiger partial charge on any atom is -0.345 e. The summed E-state index contributed by atoms with van der Waals surface area (Å²) in [5, 5.41) is 3.64. The molecular weight excluding hydrogens is 524 g/mol. The molecule has 6 rings (SSSR count). The normalized spacial score (nSPS) is 12.2. The zero-order valence-corrected chi connectivity index (χ0v) is 20.5. The number of benzene rings is 5. The molecule has 1 aromatic heterocycles. The summed E-state index contributed by atoms with van der Waals surface area (Å²) in [4.78, 5) is 4.75. The second kappa shape index (κ2) is 9.52. The largest absolute Gasteiger partial charge is 0.416 e. The lowest BCUT2D eigenvalue weighted by atomic mass is 9.95. The van der Waals surface area contributed by atoms with Crippen LogP contribution in [0.15, 0.2) is 103 Å². The van der Waals surface area contributed by atoms with Crippen LogP contribution in [-0.4, -0.2) is 4.98 Å². The van der Waals surface area contributed by atoms with Crippen molar-refractivity contribution in [3.63, 3.8) is 0 Å². The van der Waals surface area contributed by atoms with Crippen LogP contribution in [0.5, 0.6) is 0 Å². The molecule has 0 unspecified atom stereocenters. The van der Waals surface area contributed by atoms with Gasteiger partial charge in [0.2, 0.25) is 0 Å². The molecule has 0 fully saturated rings. The Morgan fingerprint density at radius 1 is 0.475 bits per heavy atom. The van der Waals surface area contributed by atoms with Crippen LogP contribution in [0, 0.1) is 12.1 Å². The minimum atomic E-state index is -4.97. The summed E-state index contributed by atoms with van der Waals surface area (Å²) in [7, 11) is 0. The number of aromatic nitrogens is 1. The average Bonchev–Trinajstić information content (AvgIpc) is 2.95. The molecule has 198 valence electrons. The van der Waals surface area contributed by atoms with Gasteiger partial charge < -0.3 is 4.98 Å². The number of rotatable bonds is 3. The smallest absolute Gasteiger partial charge is 0.345 e. The SMILES string of the molecule is FC(F)(F)c1cc(-c2cc(-c3[c-]cc4ccccc4c3)nc(-c3[c-]cc4ccccc4c3)c2)cc(C(F)(F)F)c1. The van der Waals surface area contributed by atoms with E-state index >= 15 is 0 Å². The predicted molar refractivity (Wildman–Crippen MR) is 143 cm³/mol. The van der Waals surface area contributed by atoms with Gasteiger partial charge in [0.05, 0.1) is 11.1 Å². The van der Waals surface area contributed by atoms with E-state index in [1.54, 1.807) is 12.1 Å². The van der Waals surface area contributed by atoms with Gasteiger partial charge in [-0.15, -0.1) is 58.3 Å². The van der Waals surface area contributed by atoms with Crippen molar-refractivity contribution in [3.8, 4) is 33.6 Å². The number of hydrogen-bond acceptors (Lipinski definition) is 1. The van der Waals surface area contributed by atoms with Crippen LogP contribution >= 0.6 is 0 Å². The highest BCUT2D eigenvalue weighted by molar-refractivity contribution is 5.89. The third kappa shape index (κ3) is 5.02. The fourth-order valence-corrected chi connectivity index (χ4v) is 4.64. The van der Waals surface area contributed by atoms with Gasteiger partial charge in [-0.3, -0.25) is 0 Å². The van der Waals surface area contributed by atoms with Crippen molar-refractivity contribution in [1.29, 1.82) is 0 Å². The molecular formula is C33H17F6N-2. The first-order valence-electron chi connectivity index (χ1n) is 12.2. The predicted octanol–water partition coefficient (Wildman–Crippen LogP) is 10.0.